The normalized spacial score (nSPS) is 22.4. The molecule has 2 atom stereocenters. The van der Waals surface area contributed by atoms with E-state index in [2.05, 4.69) is 27.1 Å². The molecule has 8 nitrogen and oxygen atoms in total. The molecule has 0 spiro atoms. The summed E-state index contributed by atoms with van der Waals surface area (Å²) in [5.74, 6) is 1.07. The zero-order chi connectivity index (χ0) is 14.9. The first kappa shape index (κ1) is 14.4. The summed E-state index contributed by atoms with van der Waals surface area (Å²) in [4.78, 5) is 23.1. The van der Waals surface area contributed by atoms with E-state index in [0.29, 0.717) is 17.8 Å². The minimum absolute atomic E-state index is 0.0541. The first-order valence-corrected chi connectivity index (χ1v) is 6.54. The van der Waals surface area contributed by atoms with Crippen molar-refractivity contribution in [2.45, 2.75) is 13.0 Å². The highest BCUT2D eigenvalue weighted by Crippen LogP contribution is 2.34. The molecule has 0 aromatic carbocycles. The Morgan fingerprint density at radius 2 is 2.15 bits per heavy atom. The lowest BCUT2D eigenvalue weighted by molar-refractivity contribution is -0.383. The van der Waals surface area contributed by atoms with Gasteiger partial charge in [-0.25, -0.2) is 9.97 Å². The van der Waals surface area contributed by atoms with E-state index in [0.717, 1.165) is 13.1 Å². The third-order valence-corrected chi connectivity index (χ3v) is 3.76. The molecule has 1 aromatic heterocycles. The SMILES string of the molecule is CNc1ncnc(N2CC(C)C(N(C)C)C2)c1[N+](=O)[O-]. The summed E-state index contributed by atoms with van der Waals surface area (Å²) in [7, 11) is 5.67. The molecule has 20 heavy (non-hydrogen) atoms. The number of likely N-dealkylation sites (N-methyl/N-ethyl adjacent to an activating group) is 1. The first-order valence-electron chi connectivity index (χ1n) is 6.54. The van der Waals surface area contributed by atoms with Crippen molar-refractivity contribution in [3.8, 4) is 0 Å². The van der Waals surface area contributed by atoms with E-state index in [4.69, 9.17) is 0 Å². The van der Waals surface area contributed by atoms with Crippen molar-refractivity contribution in [2.24, 2.45) is 5.92 Å². The molecule has 0 amide bonds. The lowest BCUT2D eigenvalue weighted by Crippen LogP contribution is -2.34. The van der Waals surface area contributed by atoms with Gasteiger partial charge < -0.3 is 15.1 Å². The number of nitro groups is 1. The maximum absolute atomic E-state index is 11.3. The Bertz CT molecular complexity index is 507. The molecule has 1 saturated heterocycles. The van der Waals surface area contributed by atoms with Crippen LogP contribution in [0.25, 0.3) is 0 Å². The number of hydrogen-bond donors (Lipinski definition) is 1. The summed E-state index contributed by atoms with van der Waals surface area (Å²) in [5.41, 5.74) is -0.0541. The van der Waals surface area contributed by atoms with Crippen LogP contribution in [-0.2, 0) is 0 Å². The summed E-state index contributed by atoms with van der Waals surface area (Å²) >= 11 is 0. The molecule has 2 unspecified atom stereocenters. The largest absolute Gasteiger partial charge is 0.367 e. The van der Waals surface area contributed by atoms with Gasteiger partial charge in [0.1, 0.15) is 6.33 Å². The zero-order valence-electron chi connectivity index (χ0n) is 12.2. The van der Waals surface area contributed by atoms with Crippen molar-refractivity contribution >= 4 is 17.3 Å². The molecule has 110 valence electrons. The van der Waals surface area contributed by atoms with Gasteiger partial charge in [-0.05, 0) is 20.0 Å². The van der Waals surface area contributed by atoms with Crippen molar-refractivity contribution < 1.29 is 4.92 Å². The lowest BCUT2D eigenvalue weighted by atomic mass is 10.1. The molecule has 2 heterocycles. The molecule has 1 aliphatic rings. The van der Waals surface area contributed by atoms with Gasteiger partial charge in [0.05, 0.1) is 4.92 Å². The van der Waals surface area contributed by atoms with Crippen LogP contribution < -0.4 is 10.2 Å². The Balaban J connectivity index is 2.37. The Labute approximate surface area is 118 Å². The van der Waals surface area contributed by atoms with Gasteiger partial charge in [0.2, 0.25) is 11.6 Å². The van der Waals surface area contributed by atoms with E-state index in [1.165, 1.54) is 6.33 Å². The molecule has 1 aliphatic heterocycles. The van der Waals surface area contributed by atoms with Gasteiger partial charge in [-0.15, -0.1) is 0 Å². The molecular formula is C12H20N6O2. The van der Waals surface area contributed by atoms with Crippen molar-refractivity contribution in [3.05, 3.63) is 16.4 Å². The summed E-state index contributed by atoms with van der Waals surface area (Å²) in [6.45, 7) is 3.63. The van der Waals surface area contributed by atoms with E-state index in [-0.39, 0.29) is 11.5 Å². The number of aromatic nitrogens is 2. The van der Waals surface area contributed by atoms with Gasteiger partial charge in [0.25, 0.3) is 0 Å². The molecule has 2 rings (SSSR count). The van der Waals surface area contributed by atoms with Gasteiger partial charge in [-0.1, -0.05) is 6.92 Å². The number of nitrogens with zero attached hydrogens (tertiary/aromatic N) is 5. The molecule has 1 N–H and O–H groups in total. The van der Waals surface area contributed by atoms with Crippen LogP contribution in [0.15, 0.2) is 6.33 Å². The quantitative estimate of drug-likeness (QED) is 0.645. The van der Waals surface area contributed by atoms with Crippen molar-refractivity contribution in [2.75, 3.05) is 44.4 Å². The molecule has 8 heteroatoms. The van der Waals surface area contributed by atoms with E-state index in [1.54, 1.807) is 7.05 Å². The van der Waals surface area contributed by atoms with Gasteiger partial charge in [0.15, 0.2) is 0 Å². The van der Waals surface area contributed by atoms with Gasteiger partial charge in [-0.2, -0.15) is 0 Å². The van der Waals surface area contributed by atoms with Crippen LogP contribution in [0, 0.1) is 16.0 Å². The Morgan fingerprint density at radius 1 is 1.45 bits per heavy atom. The average Bonchev–Trinajstić information content (AvgIpc) is 2.79. The molecule has 0 aliphatic carbocycles. The molecule has 0 bridgehead atoms. The van der Waals surface area contributed by atoms with Crippen LogP contribution in [0.4, 0.5) is 17.3 Å². The summed E-state index contributed by atoms with van der Waals surface area (Å²) in [5, 5.41) is 14.1. The number of nitrogens with one attached hydrogen (secondary N) is 1. The maximum atomic E-state index is 11.3. The molecule has 0 saturated carbocycles. The first-order chi connectivity index (χ1) is 9.45. The highest BCUT2D eigenvalue weighted by atomic mass is 16.6. The van der Waals surface area contributed by atoms with Gasteiger partial charge in [-0.3, -0.25) is 10.1 Å². The Morgan fingerprint density at radius 3 is 2.65 bits per heavy atom. The van der Waals surface area contributed by atoms with Gasteiger partial charge >= 0.3 is 5.69 Å². The standard InChI is InChI=1S/C12H20N6O2/c1-8-5-17(6-9(8)16(3)4)12-10(18(19)20)11(13-2)14-7-15-12/h7-9H,5-6H2,1-4H3,(H,13,14,15). The minimum Gasteiger partial charge on any atom is -0.367 e. The topological polar surface area (TPSA) is 87.4 Å². The Hall–Kier alpha value is -1.96. The minimum atomic E-state index is -0.422. The van der Waals surface area contributed by atoms with Gasteiger partial charge in [0, 0.05) is 26.2 Å². The third-order valence-electron chi connectivity index (χ3n) is 3.76. The number of rotatable bonds is 4. The predicted octanol–water partition coefficient (Wildman–Crippen LogP) is 0.813. The lowest BCUT2D eigenvalue weighted by Gasteiger charge is -2.22. The zero-order valence-corrected chi connectivity index (χ0v) is 12.2. The van der Waals surface area contributed by atoms with Crippen LogP contribution >= 0.6 is 0 Å². The van der Waals surface area contributed by atoms with Crippen molar-refractivity contribution in [3.63, 3.8) is 0 Å². The summed E-state index contributed by atoms with van der Waals surface area (Å²) in [6, 6.07) is 0.364. The van der Waals surface area contributed by atoms with Crippen LogP contribution in [0.3, 0.4) is 0 Å². The van der Waals surface area contributed by atoms with Crippen molar-refractivity contribution in [1.82, 2.24) is 14.9 Å². The number of anilines is 2. The van der Waals surface area contributed by atoms with E-state index in [1.807, 2.05) is 19.0 Å². The van der Waals surface area contributed by atoms with Crippen LogP contribution in [0.2, 0.25) is 0 Å². The second-order valence-electron chi connectivity index (χ2n) is 5.31. The average molecular weight is 280 g/mol. The van der Waals surface area contributed by atoms with Crippen molar-refractivity contribution in [1.29, 1.82) is 0 Å². The molecule has 0 radical (unpaired) electrons. The second kappa shape index (κ2) is 5.58. The molecular weight excluding hydrogens is 260 g/mol. The monoisotopic (exact) mass is 280 g/mol. The smallest absolute Gasteiger partial charge is 0.353 e. The molecule has 1 fully saturated rings. The fourth-order valence-corrected chi connectivity index (χ4v) is 2.75. The summed E-state index contributed by atoms with van der Waals surface area (Å²) in [6.07, 6.45) is 1.36. The van der Waals surface area contributed by atoms with E-state index < -0.39 is 4.92 Å². The Kier molecular flexibility index (Phi) is 4.03. The fourth-order valence-electron chi connectivity index (χ4n) is 2.75. The maximum Gasteiger partial charge on any atom is 0.353 e. The highest BCUT2D eigenvalue weighted by Gasteiger charge is 2.36. The van der Waals surface area contributed by atoms with Crippen LogP contribution in [-0.4, -0.2) is 60.1 Å². The van der Waals surface area contributed by atoms with E-state index >= 15 is 0 Å². The third kappa shape index (κ3) is 2.51. The van der Waals surface area contributed by atoms with Crippen LogP contribution in [0.5, 0.6) is 0 Å². The second-order valence-corrected chi connectivity index (χ2v) is 5.31. The molecule has 1 aromatic rings. The predicted molar refractivity (Wildman–Crippen MR) is 77.1 cm³/mol. The van der Waals surface area contributed by atoms with E-state index in [9.17, 15) is 10.1 Å². The summed E-state index contributed by atoms with van der Waals surface area (Å²) < 4.78 is 0. The fraction of sp³-hybridized carbons (Fsp3) is 0.667. The number of hydrogen-bond acceptors (Lipinski definition) is 7. The van der Waals surface area contributed by atoms with Crippen LogP contribution in [0.1, 0.15) is 6.92 Å². The highest BCUT2D eigenvalue weighted by molar-refractivity contribution is 5.70.